The molecule has 0 heterocycles. The van der Waals surface area contributed by atoms with Gasteiger partial charge in [0.25, 0.3) is 0 Å². The highest BCUT2D eigenvalue weighted by atomic mass is 35.5. The summed E-state index contributed by atoms with van der Waals surface area (Å²) in [5.41, 5.74) is 20.2. The second-order valence-corrected chi connectivity index (χ2v) is 4.28. The molecule has 0 unspecified atom stereocenters. The van der Waals surface area contributed by atoms with Crippen LogP contribution >= 0.6 is 12.4 Å². The number of anilines is 1. The van der Waals surface area contributed by atoms with E-state index in [1.54, 1.807) is 0 Å². The highest BCUT2D eigenvalue weighted by Crippen LogP contribution is 2.27. The lowest BCUT2D eigenvalue weighted by atomic mass is 9.90. The topological polar surface area (TPSA) is 102 Å². The number of halogens is 1. The van der Waals surface area contributed by atoms with Crippen LogP contribution < -0.4 is 22.5 Å². The standard InChI is InChI=1S/C12H19N5.ClH/c13-11(14)17-12(15)16-10-7-3-5-8-4-1-2-6-9(8)10;/h3,5,7,11H,1-2,4,6,13-14H2,(H3,15,16,17);1H. The third kappa shape index (κ3) is 3.60. The maximum absolute atomic E-state index is 5.72. The summed E-state index contributed by atoms with van der Waals surface area (Å²) in [7, 11) is 0. The van der Waals surface area contributed by atoms with Gasteiger partial charge in [0.15, 0.2) is 12.2 Å². The third-order valence-electron chi connectivity index (χ3n) is 2.95. The van der Waals surface area contributed by atoms with Crippen LogP contribution in [-0.2, 0) is 12.8 Å². The maximum atomic E-state index is 5.72. The van der Waals surface area contributed by atoms with Crippen molar-refractivity contribution in [3.8, 4) is 0 Å². The monoisotopic (exact) mass is 269 g/mol. The SMILES string of the molecule is Cl.N/C(=N\C(N)N)Nc1cccc2c1CCCC2. The number of nitrogens with two attached hydrogens (primary N) is 3. The summed E-state index contributed by atoms with van der Waals surface area (Å²) in [5.74, 6) is 0.263. The Bertz CT molecular complexity index is 430. The van der Waals surface area contributed by atoms with Gasteiger partial charge in [-0.1, -0.05) is 12.1 Å². The van der Waals surface area contributed by atoms with Crippen LogP contribution in [0, 0.1) is 0 Å². The van der Waals surface area contributed by atoms with Gasteiger partial charge in [0.1, 0.15) is 0 Å². The van der Waals surface area contributed by atoms with Gasteiger partial charge in [-0.15, -0.1) is 12.4 Å². The Kier molecular flexibility index (Phi) is 5.40. The number of aliphatic imine (C=N–C) groups is 1. The van der Waals surface area contributed by atoms with E-state index in [1.165, 1.54) is 24.0 Å². The first-order valence-corrected chi connectivity index (χ1v) is 5.89. The number of fused-ring (bicyclic) bond motifs is 1. The van der Waals surface area contributed by atoms with Crippen LogP contribution in [0.15, 0.2) is 23.2 Å². The molecule has 1 aromatic rings. The molecular weight excluding hydrogens is 250 g/mol. The lowest BCUT2D eigenvalue weighted by Gasteiger charge is -2.20. The number of rotatable bonds is 2. The molecule has 0 amide bonds. The van der Waals surface area contributed by atoms with E-state index in [-0.39, 0.29) is 18.4 Å². The van der Waals surface area contributed by atoms with Crippen molar-refractivity contribution >= 4 is 24.1 Å². The summed E-state index contributed by atoms with van der Waals surface area (Å²) >= 11 is 0. The Hall–Kier alpha value is -1.30. The molecule has 2 rings (SSSR count). The lowest BCUT2D eigenvalue weighted by molar-refractivity contribution is 0.687. The van der Waals surface area contributed by atoms with Crippen LogP contribution in [0.1, 0.15) is 24.0 Å². The van der Waals surface area contributed by atoms with E-state index in [2.05, 4.69) is 16.4 Å². The van der Waals surface area contributed by atoms with E-state index in [0.717, 1.165) is 18.5 Å². The maximum Gasteiger partial charge on any atom is 0.195 e. The Balaban J connectivity index is 0.00000162. The molecule has 0 radical (unpaired) electrons. The largest absolute Gasteiger partial charge is 0.370 e. The van der Waals surface area contributed by atoms with Gasteiger partial charge in [0.2, 0.25) is 0 Å². The minimum atomic E-state index is -0.776. The normalized spacial score (nSPS) is 14.9. The molecule has 1 aromatic carbocycles. The van der Waals surface area contributed by atoms with Crippen LogP contribution in [0.3, 0.4) is 0 Å². The van der Waals surface area contributed by atoms with Crippen molar-refractivity contribution in [3.05, 3.63) is 29.3 Å². The molecule has 0 saturated heterocycles. The number of hydrogen-bond donors (Lipinski definition) is 4. The summed E-state index contributed by atoms with van der Waals surface area (Å²) in [6, 6.07) is 6.21. The van der Waals surface area contributed by atoms with Gasteiger partial charge < -0.3 is 11.1 Å². The predicted molar refractivity (Wildman–Crippen MR) is 77.7 cm³/mol. The first-order valence-electron chi connectivity index (χ1n) is 5.89. The van der Waals surface area contributed by atoms with Crippen LogP contribution in [-0.4, -0.2) is 12.2 Å². The fourth-order valence-electron chi connectivity index (χ4n) is 2.23. The molecule has 0 bridgehead atoms. The van der Waals surface area contributed by atoms with E-state index < -0.39 is 6.29 Å². The van der Waals surface area contributed by atoms with Crippen LogP contribution in [0.5, 0.6) is 0 Å². The zero-order valence-corrected chi connectivity index (χ0v) is 11.0. The zero-order valence-electron chi connectivity index (χ0n) is 10.2. The molecule has 6 heteroatoms. The molecule has 100 valence electrons. The molecule has 0 aromatic heterocycles. The summed E-state index contributed by atoms with van der Waals surface area (Å²) in [4.78, 5) is 3.86. The first kappa shape index (κ1) is 14.8. The molecule has 0 saturated carbocycles. The Morgan fingerprint density at radius 2 is 1.94 bits per heavy atom. The molecule has 0 atom stereocenters. The minimum absolute atomic E-state index is 0. The number of nitrogens with zero attached hydrogens (tertiary/aromatic N) is 1. The van der Waals surface area contributed by atoms with Crippen LogP contribution in [0.25, 0.3) is 0 Å². The third-order valence-corrected chi connectivity index (χ3v) is 2.95. The van der Waals surface area contributed by atoms with Crippen molar-refractivity contribution in [1.82, 2.24) is 0 Å². The molecule has 0 fully saturated rings. The Morgan fingerprint density at radius 3 is 2.67 bits per heavy atom. The molecule has 18 heavy (non-hydrogen) atoms. The summed E-state index contributed by atoms with van der Waals surface area (Å²) < 4.78 is 0. The smallest absolute Gasteiger partial charge is 0.195 e. The summed E-state index contributed by atoms with van der Waals surface area (Å²) in [6.07, 6.45) is 3.92. The average Bonchev–Trinajstić information content (AvgIpc) is 2.28. The van der Waals surface area contributed by atoms with Crippen molar-refractivity contribution < 1.29 is 0 Å². The van der Waals surface area contributed by atoms with Gasteiger partial charge in [-0.25, -0.2) is 4.99 Å². The van der Waals surface area contributed by atoms with E-state index in [4.69, 9.17) is 17.2 Å². The quantitative estimate of drug-likeness (QED) is 0.364. The van der Waals surface area contributed by atoms with Gasteiger partial charge in [0.05, 0.1) is 0 Å². The van der Waals surface area contributed by atoms with Crippen molar-refractivity contribution in [2.75, 3.05) is 5.32 Å². The van der Waals surface area contributed by atoms with E-state index >= 15 is 0 Å². The highest BCUT2D eigenvalue weighted by molar-refractivity contribution is 5.93. The molecule has 7 N–H and O–H groups in total. The van der Waals surface area contributed by atoms with Gasteiger partial charge in [-0.3, -0.25) is 11.5 Å². The van der Waals surface area contributed by atoms with E-state index in [1.807, 2.05) is 12.1 Å². The average molecular weight is 270 g/mol. The number of nitrogens with one attached hydrogen (secondary N) is 1. The van der Waals surface area contributed by atoms with Gasteiger partial charge >= 0.3 is 0 Å². The van der Waals surface area contributed by atoms with Gasteiger partial charge in [-0.05, 0) is 42.9 Å². The van der Waals surface area contributed by atoms with Gasteiger partial charge in [0, 0.05) is 5.69 Å². The number of hydrogen-bond acceptors (Lipinski definition) is 3. The summed E-state index contributed by atoms with van der Waals surface area (Å²) in [5, 5.41) is 3.07. The van der Waals surface area contributed by atoms with Crippen molar-refractivity contribution in [2.24, 2.45) is 22.2 Å². The molecule has 0 aliphatic heterocycles. The second-order valence-electron chi connectivity index (χ2n) is 4.28. The van der Waals surface area contributed by atoms with Crippen molar-refractivity contribution in [1.29, 1.82) is 0 Å². The molecule has 1 aliphatic rings. The molecule has 0 spiro atoms. The van der Waals surface area contributed by atoms with E-state index in [0.29, 0.717) is 0 Å². The number of aryl methyl sites for hydroxylation is 1. The van der Waals surface area contributed by atoms with Crippen molar-refractivity contribution in [3.63, 3.8) is 0 Å². The van der Waals surface area contributed by atoms with E-state index in [9.17, 15) is 0 Å². The fraction of sp³-hybridized carbons (Fsp3) is 0.417. The Morgan fingerprint density at radius 1 is 1.22 bits per heavy atom. The Labute approximate surface area is 113 Å². The van der Waals surface area contributed by atoms with Crippen LogP contribution in [0.4, 0.5) is 5.69 Å². The second kappa shape index (κ2) is 6.58. The number of benzene rings is 1. The number of guanidine groups is 1. The zero-order chi connectivity index (χ0) is 12.3. The minimum Gasteiger partial charge on any atom is -0.370 e. The summed E-state index contributed by atoms with van der Waals surface area (Å²) in [6.45, 7) is 0. The first-order chi connectivity index (χ1) is 8.16. The van der Waals surface area contributed by atoms with Crippen molar-refractivity contribution in [2.45, 2.75) is 32.0 Å². The molecular formula is C12H20ClN5. The van der Waals surface area contributed by atoms with Crippen LogP contribution in [0.2, 0.25) is 0 Å². The molecule has 1 aliphatic carbocycles. The highest BCUT2D eigenvalue weighted by Gasteiger charge is 2.13. The molecule has 5 nitrogen and oxygen atoms in total. The fourth-order valence-corrected chi connectivity index (χ4v) is 2.23. The van der Waals surface area contributed by atoms with Gasteiger partial charge in [-0.2, -0.15) is 0 Å². The predicted octanol–water partition coefficient (Wildman–Crippen LogP) is 0.915. The lowest BCUT2D eigenvalue weighted by Crippen LogP contribution is -2.34.